The van der Waals surface area contributed by atoms with Gasteiger partial charge in [-0.2, -0.15) is 0 Å². The summed E-state index contributed by atoms with van der Waals surface area (Å²) in [6, 6.07) is 10.2. The van der Waals surface area contributed by atoms with E-state index in [0.717, 1.165) is 23.9 Å². The van der Waals surface area contributed by atoms with Crippen molar-refractivity contribution in [1.29, 1.82) is 0 Å². The van der Waals surface area contributed by atoms with E-state index in [1.807, 2.05) is 31.7 Å². The predicted octanol–water partition coefficient (Wildman–Crippen LogP) is 4.50. The van der Waals surface area contributed by atoms with Crippen LogP contribution in [-0.4, -0.2) is 40.8 Å². The smallest absolute Gasteiger partial charge is 0.322 e. The van der Waals surface area contributed by atoms with Crippen molar-refractivity contribution in [2.24, 2.45) is 5.92 Å². The number of fused-ring (bicyclic) bond motifs is 1. The Hall–Kier alpha value is -3.39. The second kappa shape index (κ2) is 8.68. The number of carbonyl (C=O) groups is 3. The van der Waals surface area contributed by atoms with Gasteiger partial charge in [-0.05, 0) is 55.0 Å². The van der Waals surface area contributed by atoms with Gasteiger partial charge in [0.1, 0.15) is 11.1 Å². The molecule has 2 aliphatic heterocycles. The van der Waals surface area contributed by atoms with Crippen molar-refractivity contribution >= 4 is 40.5 Å². The zero-order valence-electron chi connectivity index (χ0n) is 19.9. The molecule has 8 nitrogen and oxygen atoms in total. The summed E-state index contributed by atoms with van der Waals surface area (Å²) in [7, 11) is 0. The van der Waals surface area contributed by atoms with Gasteiger partial charge in [-0.25, -0.2) is 9.78 Å². The summed E-state index contributed by atoms with van der Waals surface area (Å²) in [6.45, 7) is 6.88. The molecule has 35 heavy (non-hydrogen) atoms. The molecule has 0 aliphatic carbocycles. The molecule has 5 rings (SSSR count). The Morgan fingerprint density at radius 2 is 1.86 bits per heavy atom. The summed E-state index contributed by atoms with van der Waals surface area (Å²) in [5.41, 5.74) is 2.49. The highest BCUT2D eigenvalue weighted by atomic mass is 35.5. The van der Waals surface area contributed by atoms with Gasteiger partial charge in [-0.3, -0.25) is 14.9 Å². The number of aryl methyl sites for hydroxylation is 1. The molecule has 9 heteroatoms. The Bertz CT molecular complexity index is 1290. The van der Waals surface area contributed by atoms with Crippen LogP contribution < -0.4 is 10.6 Å². The van der Waals surface area contributed by atoms with Gasteiger partial charge >= 0.3 is 6.03 Å². The highest BCUT2D eigenvalue weighted by Crippen LogP contribution is 2.34. The molecular formula is C26H27ClN4O4. The van der Waals surface area contributed by atoms with Crippen LogP contribution in [0.1, 0.15) is 60.0 Å². The lowest BCUT2D eigenvalue weighted by Crippen LogP contribution is -2.48. The fourth-order valence-electron chi connectivity index (χ4n) is 5.05. The minimum Gasteiger partial charge on any atom is -0.440 e. The number of likely N-dealkylation sites (tertiary alicyclic amines) is 1. The van der Waals surface area contributed by atoms with Gasteiger partial charge in [0.25, 0.3) is 11.8 Å². The number of urea groups is 1. The maximum Gasteiger partial charge on any atom is 0.322 e. The number of halogens is 1. The van der Waals surface area contributed by atoms with Crippen molar-refractivity contribution in [2.75, 3.05) is 13.1 Å². The lowest BCUT2D eigenvalue weighted by atomic mass is 9.79. The Morgan fingerprint density at radius 3 is 2.46 bits per heavy atom. The molecule has 0 bridgehead atoms. The normalized spacial score (nSPS) is 21.0. The quantitative estimate of drug-likeness (QED) is 0.519. The highest BCUT2D eigenvalue weighted by molar-refractivity contribution is 6.32. The van der Waals surface area contributed by atoms with Gasteiger partial charge in [-0.15, -0.1) is 0 Å². The van der Waals surface area contributed by atoms with E-state index in [9.17, 15) is 14.4 Å². The number of nitrogens with one attached hydrogen (secondary N) is 2. The molecule has 2 saturated heterocycles. The number of piperidine rings is 1. The molecule has 182 valence electrons. The van der Waals surface area contributed by atoms with Crippen LogP contribution in [0.2, 0.25) is 5.02 Å². The van der Waals surface area contributed by atoms with Gasteiger partial charge in [0, 0.05) is 35.7 Å². The van der Waals surface area contributed by atoms with Crippen molar-refractivity contribution < 1.29 is 18.8 Å². The van der Waals surface area contributed by atoms with E-state index in [4.69, 9.17) is 16.0 Å². The van der Waals surface area contributed by atoms with E-state index >= 15 is 0 Å². The first kappa shape index (κ1) is 23.4. The fourth-order valence-corrected chi connectivity index (χ4v) is 5.20. The summed E-state index contributed by atoms with van der Waals surface area (Å²) in [4.78, 5) is 44.0. The van der Waals surface area contributed by atoms with E-state index < -0.39 is 11.6 Å². The number of hydrogen-bond donors (Lipinski definition) is 2. The van der Waals surface area contributed by atoms with E-state index in [1.54, 1.807) is 30.3 Å². The molecule has 1 atom stereocenters. The summed E-state index contributed by atoms with van der Waals surface area (Å²) in [5, 5.41) is 5.74. The summed E-state index contributed by atoms with van der Waals surface area (Å²) in [6.07, 6.45) is 1.51. The van der Waals surface area contributed by atoms with Crippen molar-refractivity contribution in [2.45, 2.75) is 45.1 Å². The number of rotatable bonds is 4. The predicted molar refractivity (Wildman–Crippen MR) is 131 cm³/mol. The monoisotopic (exact) mass is 494 g/mol. The minimum atomic E-state index is -1.14. The molecule has 0 saturated carbocycles. The number of nitrogens with zero attached hydrogens (tertiary/aromatic N) is 2. The zero-order valence-corrected chi connectivity index (χ0v) is 20.6. The Kier molecular flexibility index (Phi) is 5.79. The van der Waals surface area contributed by atoms with Gasteiger partial charge < -0.3 is 14.6 Å². The molecular weight excluding hydrogens is 468 g/mol. The maximum absolute atomic E-state index is 13.1. The summed E-state index contributed by atoms with van der Waals surface area (Å²) in [5.74, 6) is 0.224. The Labute approximate surface area is 208 Å². The molecule has 1 unspecified atom stereocenters. The molecule has 3 heterocycles. The van der Waals surface area contributed by atoms with Gasteiger partial charge in [-0.1, -0.05) is 37.6 Å². The number of amides is 4. The van der Waals surface area contributed by atoms with E-state index in [0.29, 0.717) is 40.7 Å². The van der Waals surface area contributed by atoms with E-state index in [2.05, 4.69) is 15.6 Å². The second-order valence-corrected chi connectivity index (χ2v) is 10.0. The number of hydrogen-bond acceptors (Lipinski definition) is 5. The first-order chi connectivity index (χ1) is 16.7. The van der Waals surface area contributed by atoms with Crippen LogP contribution in [0.25, 0.3) is 11.1 Å². The molecule has 1 aromatic heterocycles. The number of benzene rings is 2. The van der Waals surface area contributed by atoms with Crippen LogP contribution in [-0.2, 0) is 10.3 Å². The molecule has 2 aliphatic rings. The first-order valence-corrected chi connectivity index (χ1v) is 12.2. The maximum atomic E-state index is 13.1. The van der Waals surface area contributed by atoms with Crippen LogP contribution in [0, 0.1) is 12.8 Å². The SMILES string of the molecule is Cc1cc2nc(C3CCN(C(=O)c4ccc(C5(C(C)C)NC(=O)NC5=O)cc4)CC3)oc2cc1Cl. The van der Waals surface area contributed by atoms with Crippen LogP contribution in [0.4, 0.5) is 4.79 Å². The first-order valence-electron chi connectivity index (χ1n) is 11.8. The topological polar surface area (TPSA) is 105 Å². The lowest BCUT2D eigenvalue weighted by molar-refractivity contribution is -0.125. The fraction of sp³-hybridized carbons (Fsp3) is 0.385. The zero-order chi connectivity index (χ0) is 24.9. The average molecular weight is 495 g/mol. The minimum absolute atomic E-state index is 0.0616. The largest absolute Gasteiger partial charge is 0.440 e. The number of carbonyl (C=O) groups excluding carboxylic acids is 3. The molecule has 4 amide bonds. The van der Waals surface area contributed by atoms with Gasteiger partial charge in [0.05, 0.1) is 0 Å². The van der Waals surface area contributed by atoms with Crippen LogP contribution in [0.15, 0.2) is 40.8 Å². The number of aromatic nitrogens is 1. The molecule has 0 spiro atoms. The standard InChI is InChI=1S/C26H27ClN4O4/c1-14(2)26(24(33)29-25(34)30-26)18-6-4-17(5-7-18)23(32)31-10-8-16(9-11-31)22-28-20-12-15(3)19(27)13-21(20)35-22/h4-7,12-14,16H,8-11H2,1-3H3,(H2,29,30,33,34). The third kappa shape index (κ3) is 3.95. The van der Waals surface area contributed by atoms with E-state index in [-0.39, 0.29) is 23.7 Å². The number of oxazole rings is 1. The van der Waals surface area contributed by atoms with Crippen LogP contribution in [0.5, 0.6) is 0 Å². The summed E-state index contributed by atoms with van der Waals surface area (Å²) < 4.78 is 5.97. The van der Waals surface area contributed by atoms with E-state index in [1.165, 1.54) is 0 Å². The average Bonchev–Trinajstić information content (AvgIpc) is 3.39. The second-order valence-electron chi connectivity index (χ2n) is 9.64. The van der Waals surface area contributed by atoms with Crippen molar-refractivity contribution in [3.63, 3.8) is 0 Å². The Morgan fingerprint density at radius 1 is 1.17 bits per heavy atom. The third-order valence-electron chi connectivity index (χ3n) is 7.17. The molecule has 2 fully saturated rings. The van der Waals surface area contributed by atoms with Gasteiger partial charge in [0.15, 0.2) is 11.5 Å². The van der Waals surface area contributed by atoms with Gasteiger partial charge in [0.2, 0.25) is 0 Å². The lowest BCUT2D eigenvalue weighted by Gasteiger charge is -2.32. The molecule has 0 radical (unpaired) electrons. The van der Waals surface area contributed by atoms with Crippen LogP contribution in [0.3, 0.4) is 0 Å². The molecule has 2 N–H and O–H groups in total. The molecule has 2 aromatic carbocycles. The highest BCUT2D eigenvalue weighted by Gasteiger charge is 2.50. The Balaban J connectivity index is 1.27. The number of imide groups is 1. The molecule has 3 aromatic rings. The van der Waals surface area contributed by atoms with Crippen LogP contribution >= 0.6 is 11.6 Å². The third-order valence-corrected chi connectivity index (χ3v) is 7.57. The van der Waals surface area contributed by atoms with Crippen molar-refractivity contribution in [3.8, 4) is 0 Å². The van der Waals surface area contributed by atoms with Crippen molar-refractivity contribution in [3.05, 3.63) is 64.0 Å². The summed E-state index contributed by atoms with van der Waals surface area (Å²) >= 11 is 6.21. The van der Waals surface area contributed by atoms with Crippen molar-refractivity contribution in [1.82, 2.24) is 20.5 Å².